The van der Waals surface area contributed by atoms with Gasteiger partial charge in [-0.25, -0.2) is 0 Å². The molecule has 0 aliphatic rings. The maximum absolute atomic E-state index is 10.5. The number of hydrogen-bond acceptors (Lipinski definition) is 3. The van der Waals surface area contributed by atoms with Gasteiger partial charge in [0, 0.05) is 6.92 Å². The van der Waals surface area contributed by atoms with Crippen molar-refractivity contribution >= 4 is 21.7 Å². The molecule has 4 heteroatoms. The number of oxazole rings is 1. The van der Waals surface area contributed by atoms with Crippen LogP contribution in [0.2, 0.25) is 0 Å². The van der Waals surface area contributed by atoms with E-state index in [-0.39, 0.29) is 11.7 Å². The average molecular weight is 190 g/mol. The minimum atomic E-state index is -0.166. The van der Waals surface area contributed by atoms with Gasteiger partial charge in [0.1, 0.15) is 10.9 Å². The van der Waals surface area contributed by atoms with Crippen LogP contribution >= 0.6 is 15.9 Å². The first-order valence-electron chi connectivity index (χ1n) is 2.32. The Kier molecular flexibility index (Phi) is 1.66. The van der Waals surface area contributed by atoms with Crippen LogP contribution in [0.5, 0.6) is 0 Å². The second kappa shape index (κ2) is 2.31. The zero-order chi connectivity index (χ0) is 6.85. The molecule has 0 aromatic carbocycles. The average Bonchev–Trinajstić information content (AvgIpc) is 2.14. The van der Waals surface area contributed by atoms with Gasteiger partial charge in [-0.05, 0) is 15.9 Å². The Morgan fingerprint density at radius 1 is 1.89 bits per heavy atom. The van der Waals surface area contributed by atoms with Crippen molar-refractivity contribution in [1.82, 2.24) is 4.98 Å². The summed E-state index contributed by atoms with van der Waals surface area (Å²) in [6, 6.07) is 0. The molecule has 0 N–H and O–H groups in total. The molecule has 0 radical (unpaired) electrons. The van der Waals surface area contributed by atoms with Crippen LogP contribution in [0.1, 0.15) is 17.6 Å². The van der Waals surface area contributed by atoms with E-state index in [1.165, 1.54) is 13.2 Å². The highest BCUT2D eigenvalue weighted by atomic mass is 79.9. The molecule has 0 bridgehead atoms. The lowest BCUT2D eigenvalue weighted by atomic mass is 10.5. The summed E-state index contributed by atoms with van der Waals surface area (Å²) in [5.41, 5.74) is 0. The van der Waals surface area contributed by atoms with Crippen LogP contribution < -0.4 is 0 Å². The van der Waals surface area contributed by atoms with Gasteiger partial charge in [0.2, 0.25) is 5.78 Å². The lowest BCUT2D eigenvalue weighted by molar-refractivity contribution is 0.0980. The van der Waals surface area contributed by atoms with Gasteiger partial charge in [0.25, 0.3) is 5.89 Å². The second-order valence-corrected chi connectivity index (χ2v) is 2.34. The van der Waals surface area contributed by atoms with Crippen molar-refractivity contribution in [3.63, 3.8) is 0 Å². The molecule has 3 nitrogen and oxygen atoms in total. The molecular weight excluding hydrogens is 186 g/mol. The zero-order valence-electron chi connectivity index (χ0n) is 4.72. The van der Waals surface area contributed by atoms with Gasteiger partial charge in [-0.2, -0.15) is 4.98 Å². The number of aromatic nitrogens is 1. The highest BCUT2D eigenvalue weighted by Gasteiger charge is 2.04. The van der Waals surface area contributed by atoms with Crippen LogP contribution in [0.25, 0.3) is 0 Å². The van der Waals surface area contributed by atoms with Crippen LogP contribution in [0.3, 0.4) is 0 Å². The van der Waals surface area contributed by atoms with E-state index >= 15 is 0 Å². The molecule has 0 atom stereocenters. The molecule has 1 aromatic heterocycles. The molecule has 0 aliphatic heterocycles. The van der Waals surface area contributed by atoms with Gasteiger partial charge < -0.3 is 4.42 Å². The molecule has 0 aliphatic carbocycles. The van der Waals surface area contributed by atoms with Crippen molar-refractivity contribution in [3.8, 4) is 0 Å². The Morgan fingerprint density at radius 2 is 2.56 bits per heavy atom. The van der Waals surface area contributed by atoms with Crippen molar-refractivity contribution in [3.05, 3.63) is 16.8 Å². The van der Waals surface area contributed by atoms with E-state index in [2.05, 4.69) is 20.9 Å². The fraction of sp³-hybridized carbons (Fsp3) is 0.200. The van der Waals surface area contributed by atoms with Gasteiger partial charge in [-0.1, -0.05) is 0 Å². The Morgan fingerprint density at radius 3 is 2.78 bits per heavy atom. The number of carbonyl (C=O) groups excluding carboxylic acids is 1. The summed E-state index contributed by atoms with van der Waals surface area (Å²) in [5, 5.41) is 0. The number of rotatable bonds is 1. The van der Waals surface area contributed by atoms with E-state index < -0.39 is 0 Å². The summed E-state index contributed by atoms with van der Waals surface area (Å²) in [6.45, 7) is 1.40. The van der Waals surface area contributed by atoms with Crippen molar-refractivity contribution in [2.45, 2.75) is 6.92 Å². The third kappa shape index (κ3) is 1.38. The first kappa shape index (κ1) is 6.48. The van der Waals surface area contributed by atoms with Crippen LogP contribution in [0, 0.1) is 0 Å². The number of ketones is 1. The van der Waals surface area contributed by atoms with Crippen molar-refractivity contribution in [2.75, 3.05) is 0 Å². The molecule has 0 saturated heterocycles. The van der Waals surface area contributed by atoms with Crippen molar-refractivity contribution in [1.29, 1.82) is 0 Å². The Labute approximate surface area is 60.2 Å². The molecule has 0 spiro atoms. The largest absolute Gasteiger partial charge is 0.441 e. The molecular formula is C5H4BrNO2. The summed E-state index contributed by atoms with van der Waals surface area (Å²) in [6.07, 6.45) is 1.37. The summed E-state index contributed by atoms with van der Waals surface area (Å²) < 4.78 is 5.27. The van der Waals surface area contributed by atoms with Crippen LogP contribution in [0.15, 0.2) is 15.3 Å². The van der Waals surface area contributed by atoms with Gasteiger partial charge in [-0.15, -0.1) is 0 Å². The Bertz CT molecular complexity index is 231. The number of halogens is 1. The van der Waals surface area contributed by atoms with E-state index in [4.69, 9.17) is 4.42 Å². The summed E-state index contributed by atoms with van der Waals surface area (Å²) in [4.78, 5) is 14.2. The second-order valence-electron chi connectivity index (χ2n) is 1.53. The van der Waals surface area contributed by atoms with Crippen LogP contribution in [-0.4, -0.2) is 10.8 Å². The third-order valence-corrected chi connectivity index (χ3v) is 1.14. The highest BCUT2D eigenvalue weighted by molar-refractivity contribution is 9.10. The smallest absolute Gasteiger partial charge is 0.263 e. The summed E-state index contributed by atoms with van der Waals surface area (Å²) in [5.74, 6) is -0.0254. The number of hydrogen-bond donors (Lipinski definition) is 0. The van der Waals surface area contributed by atoms with E-state index in [0.29, 0.717) is 4.60 Å². The molecule has 0 amide bonds. The fourth-order valence-electron chi connectivity index (χ4n) is 0.416. The fourth-order valence-corrected chi connectivity index (χ4v) is 0.670. The van der Waals surface area contributed by atoms with E-state index in [1.807, 2.05) is 0 Å². The lowest BCUT2D eigenvalue weighted by Crippen LogP contribution is -1.89. The standard InChI is InChI=1S/C5H4BrNO2/c1-3(8)5-7-4(6)2-9-5/h2H,1H3. The van der Waals surface area contributed by atoms with E-state index in [0.717, 1.165) is 0 Å². The SMILES string of the molecule is CC(=O)c1nc(Br)co1. The zero-order valence-corrected chi connectivity index (χ0v) is 6.31. The maximum Gasteiger partial charge on any atom is 0.263 e. The third-order valence-electron chi connectivity index (χ3n) is 0.777. The van der Waals surface area contributed by atoms with Crippen LogP contribution in [-0.2, 0) is 0 Å². The molecule has 1 aromatic rings. The van der Waals surface area contributed by atoms with Gasteiger partial charge in [-0.3, -0.25) is 4.79 Å². The summed E-state index contributed by atoms with van der Waals surface area (Å²) >= 11 is 3.04. The Hall–Kier alpha value is -0.640. The first-order chi connectivity index (χ1) is 4.20. The van der Waals surface area contributed by atoms with E-state index in [9.17, 15) is 4.79 Å². The van der Waals surface area contributed by atoms with E-state index in [1.54, 1.807) is 0 Å². The minimum absolute atomic E-state index is 0.141. The van der Waals surface area contributed by atoms with Gasteiger partial charge in [0.15, 0.2) is 0 Å². The topological polar surface area (TPSA) is 43.1 Å². The minimum Gasteiger partial charge on any atom is -0.441 e. The monoisotopic (exact) mass is 189 g/mol. The predicted octanol–water partition coefficient (Wildman–Crippen LogP) is 1.64. The Balaban J connectivity index is 2.98. The van der Waals surface area contributed by atoms with Crippen molar-refractivity contribution in [2.24, 2.45) is 0 Å². The quantitative estimate of drug-likeness (QED) is 0.632. The normalized spacial score (nSPS) is 9.56. The maximum atomic E-state index is 10.5. The van der Waals surface area contributed by atoms with Crippen molar-refractivity contribution < 1.29 is 9.21 Å². The molecule has 9 heavy (non-hydrogen) atoms. The molecule has 0 fully saturated rings. The van der Waals surface area contributed by atoms with Crippen LogP contribution in [0.4, 0.5) is 0 Å². The molecule has 1 heterocycles. The highest BCUT2D eigenvalue weighted by Crippen LogP contribution is 2.08. The number of Topliss-reactive ketones (excluding diaryl/α,β-unsaturated/α-hetero) is 1. The van der Waals surface area contributed by atoms with Gasteiger partial charge in [0.05, 0.1) is 0 Å². The van der Waals surface area contributed by atoms with Gasteiger partial charge >= 0.3 is 0 Å². The first-order valence-corrected chi connectivity index (χ1v) is 3.11. The molecule has 1 rings (SSSR count). The number of nitrogens with zero attached hydrogens (tertiary/aromatic N) is 1. The summed E-state index contributed by atoms with van der Waals surface area (Å²) in [7, 11) is 0. The molecule has 48 valence electrons. The predicted molar refractivity (Wildman–Crippen MR) is 34.2 cm³/mol. The molecule has 0 saturated carbocycles. The lowest BCUT2D eigenvalue weighted by Gasteiger charge is -1.78. The molecule has 0 unspecified atom stereocenters. The number of carbonyl (C=O) groups is 1.